The molecule has 0 spiro atoms. The normalized spacial score (nSPS) is 13.2. The van der Waals surface area contributed by atoms with E-state index in [0.717, 1.165) is 12.3 Å². The molecule has 0 saturated heterocycles. The van der Waals surface area contributed by atoms with Gasteiger partial charge in [0.2, 0.25) is 0 Å². The van der Waals surface area contributed by atoms with Crippen LogP contribution in [0, 0.1) is 11.8 Å². The van der Waals surface area contributed by atoms with E-state index in [2.05, 4.69) is 0 Å². The average Bonchev–Trinajstić information content (AvgIpc) is 2.10. The predicted octanol–water partition coefficient (Wildman–Crippen LogP) is 2.88. The fourth-order valence-electron chi connectivity index (χ4n) is 0.601. The van der Waals surface area contributed by atoms with Crippen LogP contribution in [0.15, 0.2) is 0 Å². The van der Waals surface area contributed by atoms with Gasteiger partial charge < -0.3 is 4.74 Å². The van der Waals surface area contributed by atoms with E-state index in [1.54, 1.807) is 11.4 Å². The van der Waals surface area contributed by atoms with E-state index in [1.807, 2.05) is 20.8 Å². The van der Waals surface area contributed by atoms with Gasteiger partial charge in [-0.2, -0.15) is 0 Å². The Labute approximate surface area is 90.4 Å². The topological polar surface area (TPSA) is 26.3 Å². The first-order valence-electron chi connectivity index (χ1n) is 4.19. The highest BCUT2D eigenvalue weighted by Crippen LogP contribution is 2.21. The predicted molar refractivity (Wildman–Crippen MR) is 61.7 cm³/mol. The molecule has 0 aliphatic heterocycles. The molecule has 0 heterocycles. The standard InChI is InChI=1S/C8H15O2PS2/c1-6(2)4-10-8(9)7(3)5-13-11-12/h6-7H,4-5H2,1-3H3. The second-order valence-corrected chi connectivity index (χ2v) is 6.60. The van der Waals surface area contributed by atoms with Crippen molar-refractivity contribution in [2.24, 2.45) is 11.8 Å². The Bertz CT molecular complexity index is 174. The van der Waals surface area contributed by atoms with Crippen LogP contribution in [0.1, 0.15) is 20.8 Å². The van der Waals surface area contributed by atoms with Crippen molar-refractivity contribution in [3.63, 3.8) is 0 Å². The molecule has 0 aliphatic rings. The maximum absolute atomic E-state index is 11.3. The summed E-state index contributed by atoms with van der Waals surface area (Å²) in [6.45, 7) is 7.28. The smallest absolute Gasteiger partial charge is 0.309 e. The lowest BCUT2D eigenvalue weighted by Gasteiger charge is -2.11. The van der Waals surface area contributed by atoms with E-state index < -0.39 is 0 Å². The Hall–Kier alpha value is 0.340. The molecule has 0 aromatic rings. The number of esters is 1. The number of rotatable bonds is 6. The third-order valence-corrected chi connectivity index (χ3v) is 3.81. The largest absolute Gasteiger partial charge is 0.465 e. The second kappa shape index (κ2) is 7.72. The van der Waals surface area contributed by atoms with Gasteiger partial charge in [-0.25, -0.2) is 0 Å². The van der Waals surface area contributed by atoms with Crippen LogP contribution in [0.2, 0.25) is 0 Å². The van der Waals surface area contributed by atoms with Gasteiger partial charge in [-0.05, 0) is 17.7 Å². The Kier molecular flexibility index (Phi) is 7.92. The van der Waals surface area contributed by atoms with E-state index in [1.165, 1.54) is 0 Å². The minimum absolute atomic E-state index is 0.0424. The summed E-state index contributed by atoms with van der Waals surface area (Å²) in [4.78, 5) is 11.3. The molecule has 0 aromatic heterocycles. The van der Waals surface area contributed by atoms with Crippen molar-refractivity contribution >= 4 is 35.7 Å². The Morgan fingerprint density at radius 2 is 2.15 bits per heavy atom. The van der Waals surface area contributed by atoms with E-state index >= 15 is 0 Å². The third-order valence-electron chi connectivity index (χ3n) is 1.34. The molecule has 5 heteroatoms. The second-order valence-electron chi connectivity index (χ2n) is 3.30. The molecule has 76 valence electrons. The van der Waals surface area contributed by atoms with Crippen LogP contribution in [0.25, 0.3) is 0 Å². The number of ether oxygens (including phenoxy) is 1. The van der Waals surface area contributed by atoms with Crippen molar-refractivity contribution in [2.75, 3.05) is 12.4 Å². The zero-order valence-electron chi connectivity index (χ0n) is 8.15. The molecule has 2 nitrogen and oxygen atoms in total. The monoisotopic (exact) mass is 238 g/mol. The van der Waals surface area contributed by atoms with Gasteiger partial charge in [0.1, 0.15) is 0 Å². The molecule has 13 heavy (non-hydrogen) atoms. The lowest BCUT2D eigenvalue weighted by atomic mass is 10.2. The van der Waals surface area contributed by atoms with Crippen molar-refractivity contribution in [1.29, 1.82) is 0 Å². The molecule has 0 N–H and O–H groups in total. The van der Waals surface area contributed by atoms with Gasteiger partial charge in [0.05, 0.1) is 12.5 Å². The summed E-state index contributed by atoms with van der Waals surface area (Å²) in [6, 6.07) is 0. The third kappa shape index (κ3) is 7.41. The first kappa shape index (κ1) is 13.3. The maximum Gasteiger partial charge on any atom is 0.309 e. The van der Waals surface area contributed by atoms with Crippen LogP contribution in [-0.2, 0) is 21.3 Å². The Balaban J connectivity index is 3.62. The van der Waals surface area contributed by atoms with E-state index in [-0.39, 0.29) is 11.9 Å². The van der Waals surface area contributed by atoms with Gasteiger partial charge in [0, 0.05) is 12.3 Å². The van der Waals surface area contributed by atoms with Crippen molar-refractivity contribution < 1.29 is 9.53 Å². The van der Waals surface area contributed by atoms with Crippen molar-refractivity contribution in [2.45, 2.75) is 20.8 Å². The summed E-state index contributed by atoms with van der Waals surface area (Å²) >= 11 is 6.31. The summed E-state index contributed by atoms with van der Waals surface area (Å²) in [6.07, 6.45) is 0. The highest BCUT2D eigenvalue weighted by molar-refractivity contribution is 8.58. The number of hydrogen-bond acceptors (Lipinski definition) is 4. The Morgan fingerprint density at radius 1 is 1.54 bits per heavy atom. The quantitative estimate of drug-likeness (QED) is 0.525. The van der Waals surface area contributed by atoms with Crippen LogP contribution in [0.4, 0.5) is 0 Å². The number of carbonyl (C=O) groups is 1. The highest BCUT2D eigenvalue weighted by Gasteiger charge is 2.14. The van der Waals surface area contributed by atoms with Crippen LogP contribution >= 0.6 is 17.9 Å². The molecule has 0 aromatic carbocycles. The molecule has 0 radical (unpaired) electrons. The van der Waals surface area contributed by atoms with Crippen LogP contribution in [0.3, 0.4) is 0 Å². The first-order valence-corrected chi connectivity index (χ1v) is 7.69. The average molecular weight is 238 g/mol. The lowest BCUT2D eigenvalue weighted by Crippen LogP contribution is -2.18. The minimum Gasteiger partial charge on any atom is -0.465 e. The number of hydrogen-bond donors (Lipinski definition) is 0. The molecular formula is C8H15O2PS2. The molecule has 0 rings (SSSR count). The highest BCUT2D eigenvalue weighted by atomic mass is 32.9. The van der Waals surface area contributed by atoms with E-state index in [4.69, 9.17) is 16.5 Å². The van der Waals surface area contributed by atoms with Gasteiger partial charge in [0.25, 0.3) is 0 Å². The molecule has 0 bridgehead atoms. The molecule has 0 aliphatic carbocycles. The van der Waals surface area contributed by atoms with Crippen LogP contribution in [-0.4, -0.2) is 18.3 Å². The molecule has 0 amide bonds. The van der Waals surface area contributed by atoms with Crippen molar-refractivity contribution in [3.8, 4) is 0 Å². The molecule has 1 atom stereocenters. The van der Waals surface area contributed by atoms with Gasteiger partial charge >= 0.3 is 5.97 Å². The first-order chi connectivity index (χ1) is 6.07. The van der Waals surface area contributed by atoms with Crippen molar-refractivity contribution in [3.05, 3.63) is 0 Å². The zero-order valence-corrected chi connectivity index (χ0v) is 10.7. The van der Waals surface area contributed by atoms with Gasteiger partial charge in [-0.3, -0.25) is 4.79 Å². The van der Waals surface area contributed by atoms with Crippen molar-refractivity contribution in [1.82, 2.24) is 0 Å². The lowest BCUT2D eigenvalue weighted by molar-refractivity contribution is -0.148. The summed E-state index contributed by atoms with van der Waals surface area (Å²) in [5.41, 5.74) is 0. The van der Waals surface area contributed by atoms with Crippen LogP contribution < -0.4 is 0 Å². The van der Waals surface area contributed by atoms with E-state index in [0.29, 0.717) is 12.5 Å². The Morgan fingerprint density at radius 3 is 2.62 bits per heavy atom. The molecule has 0 fully saturated rings. The van der Waals surface area contributed by atoms with Gasteiger partial charge in [0.15, 0.2) is 0 Å². The summed E-state index contributed by atoms with van der Waals surface area (Å²) < 4.78 is 5.07. The molecule has 1 unspecified atom stereocenters. The number of carbonyl (C=O) groups excluding carboxylic acids is 1. The van der Waals surface area contributed by atoms with E-state index in [9.17, 15) is 4.79 Å². The summed E-state index contributed by atoms with van der Waals surface area (Å²) in [5, 5.41) is 0. The minimum atomic E-state index is -0.111. The molecule has 0 saturated carbocycles. The summed E-state index contributed by atoms with van der Waals surface area (Å²) in [5.74, 6) is 1.00. The molecular weight excluding hydrogens is 223 g/mol. The van der Waals surface area contributed by atoms with Gasteiger partial charge in [-0.15, -0.1) is 0 Å². The summed E-state index contributed by atoms with van der Waals surface area (Å²) in [7, 11) is 0. The fraction of sp³-hybridized carbons (Fsp3) is 0.875. The zero-order chi connectivity index (χ0) is 10.3. The fourth-order valence-corrected chi connectivity index (χ4v) is 2.42. The SMILES string of the molecule is CC(C)COC(=O)C(C)CSP=S. The van der Waals surface area contributed by atoms with Gasteiger partial charge in [-0.1, -0.05) is 32.2 Å². The van der Waals surface area contributed by atoms with Crippen LogP contribution in [0.5, 0.6) is 0 Å². The maximum atomic E-state index is 11.3.